The van der Waals surface area contributed by atoms with Crippen molar-refractivity contribution in [2.24, 2.45) is 0 Å². The predicted octanol–water partition coefficient (Wildman–Crippen LogP) is -0.238. The third-order valence-corrected chi connectivity index (χ3v) is 2.26. The van der Waals surface area contributed by atoms with Crippen molar-refractivity contribution in [3.05, 3.63) is 0 Å². The van der Waals surface area contributed by atoms with Gasteiger partial charge in [0, 0.05) is 19.2 Å². The average molecular weight is 189 g/mol. The standard InChI is InChI=1S/C9H19NO3/c1-8-9(2-5-13-8)10-3-6-12-7-4-11/h8-11H,2-7H2,1H3/t8-,9-/m1/s1. The van der Waals surface area contributed by atoms with Crippen molar-refractivity contribution in [1.82, 2.24) is 5.32 Å². The van der Waals surface area contributed by atoms with E-state index >= 15 is 0 Å². The minimum absolute atomic E-state index is 0.100. The van der Waals surface area contributed by atoms with Gasteiger partial charge in [0.05, 0.1) is 25.9 Å². The van der Waals surface area contributed by atoms with E-state index in [4.69, 9.17) is 14.6 Å². The molecule has 1 fully saturated rings. The second-order valence-corrected chi connectivity index (χ2v) is 3.26. The molecular weight excluding hydrogens is 170 g/mol. The van der Waals surface area contributed by atoms with Crippen LogP contribution in [0.5, 0.6) is 0 Å². The molecule has 0 amide bonds. The SMILES string of the molecule is C[C@H]1OCC[C@H]1NCCOCCO. The molecule has 0 aromatic carbocycles. The average Bonchev–Trinajstić information content (AvgIpc) is 2.52. The number of ether oxygens (including phenoxy) is 2. The van der Waals surface area contributed by atoms with E-state index in [1.807, 2.05) is 0 Å². The Kier molecular flexibility index (Phi) is 5.31. The Bertz CT molecular complexity index is 132. The van der Waals surface area contributed by atoms with E-state index in [-0.39, 0.29) is 6.61 Å². The number of aliphatic hydroxyl groups excluding tert-OH is 1. The Labute approximate surface area is 79.2 Å². The molecule has 0 unspecified atom stereocenters. The van der Waals surface area contributed by atoms with Crippen LogP contribution < -0.4 is 5.32 Å². The molecule has 1 heterocycles. The molecule has 1 rings (SSSR count). The number of nitrogens with one attached hydrogen (secondary N) is 1. The summed E-state index contributed by atoms with van der Waals surface area (Å²) >= 11 is 0. The normalized spacial score (nSPS) is 28.2. The van der Waals surface area contributed by atoms with Crippen LogP contribution >= 0.6 is 0 Å². The number of hydrogen-bond acceptors (Lipinski definition) is 4. The van der Waals surface area contributed by atoms with Crippen molar-refractivity contribution < 1.29 is 14.6 Å². The van der Waals surface area contributed by atoms with Crippen LogP contribution in [0.1, 0.15) is 13.3 Å². The van der Waals surface area contributed by atoms with Crippen molar-refractivity contribution in [3.8, 4) is 0 Å². The summed E-state index contributed by atoms with van der Waals surface area (Å²) in [6, 6.07) is 0.470. The van der Waals surface area contributed by atoms with Crippen LogP contribution in [0.25, 0.3) is 0 Å². The lowest BCUT2D eigenvalue weighted by Crippen LogP contribution is -2.36. The monoisotopic (exact) mass is 189 g/mol. The molecule has 2 atom stereocenters. The number of rotatable bonds is 6. The van der Waals surface area contributed by atoms with Gasteiger partial charge in [-0.1, -0.05) is 0 Å². The maximum Gasteiger partial charge on any atom is 0.0700 e. The molecule has 0 saturated carbocycles. The van der Waals surface area contributed by atoms with Gasteiger partial charge in [-0.2, -0.15) is 0 Å². The highest BCUT2D eigenvalue weighted by Crippen LogP contribution is 2.11. The fourth-order valence-electron chi connectivity index (χ4n) is 1.48. The maximum absolute atomic E-state index is 8.45. The Hall–Kier alpha value is -0.160. The maximum atomic E-state index is 8.45. The number of hydrogen-bond donors (Lipinski definition) is 2. The van der Waals surface area contributed by atoms with Crippen LogP contribution in [0.2, 0.25) is 0 Å². The van der Waals surface area contributed by atoms with E-state index in [0.29, 0.717) is 25.4 Å². The number of aliphatic hydroxyl groups is 1. The van der Waals surface area contributed by atoms with Gasteiger partial charge in [0.1, 0.15) is 0 Å². The second kappa shape index (κ2) is 6.32. The smallest absolute Gasteiger partial charge is 0.0700 e. The summed E-state index contributed by atoms with van der Waals surface area (Å²) in [7, 11) is 0. The molecule has 1 aliphatic heterocycles. The summed E-state index contributed by atoms with van der Waals surface area (Å²) in [4.78, 5) is 0. The van der Waals surface area contributed by atoms with E-state index in [0.717, 1.165) is 19.6 Å². The first-order valence-corrected chi connectivity index (χ1v) is 4.88. The molecule has 1 aliphatic rings. The zero-order valence-corrected chi connectivity index (χ0v) is 8.16. The van der Waals surface area contributed by atoms with Crippen molar-refractivity contribution in [3.63, 3.8) is 0 Å². The minimum atomic E-state index is 0.100. The van der Waals surface area contributed by atoms with Crippen molar-refractivity contribution in [2.45, 2.75) is 25.5 Å². The Morgan fingerprint density at radius 3 is 3.00 bits per heavy atom. The molecule has 0 aromatic heterocycles. The molecule has 1 saturated heterocycles. The van der Waals surface area contributed by atoms with Crippen LogP contribution in [0.3, 0.4) is 0 Å². The predicted molar refractivity (Wildman–Crippen MR) is 49.7 cm³/mol. The molecule has 0 radical (unpaired) electrons. The largest absolute Gasteiger partial charge is 0.394 e. The highest BCUT2D eigenvalue weighted by atomic mass is 16.5. The van der Waals surface area contributed by atoms with Gasteiger partial charge >= 0.3 is 0 Å². The van der Waals surface area contributed by atoms with Crippen LogP contribution in [-0.2, 0) is 9.47 Å². The van der Waals surface area contributed by atoms with Crippen molar-refractivity contribution in [1.29, 1.82) is 0 Å². The molecular formula is C9H19NO3. The molecule has 4 nitrogen and oxygen atoms in total. The van der Waals surface area contributed by atoms with Crippen LogP contribution in [-0.4, -0.2) is 50.2 Å². The third kappa shape index (κ3) is 4.04. The molecule has 13 heavy (non-hydrogen) atoms. The van der Waals surface area contributed by atoms with Crippen LogP contribution in [0, 0.1) is 0 Å². The van der Waals surface area contributed by atoms with Crippen molar-refractivity contribution >= 4 is 0 Å². The molecule has 2 N–H and O–H groups in total. The highest BCUT2D eigenvalue weighted by Gasteiger charge is 2.22. The van der Waals surface area contributed by atoms with Gasteiger partial charge in [-0.25, -0.2) is 0 Å². The van der Waals surface area contributed by atoms with Gasteiger partial charge in [0.2, 0.25) is 0 Å². The van der Waals surface area contributed by atoms with Gasteiger partial charge < -0.3 is 19.9 Å². The van der Waals surface area contributed by atoms with Crippen molar-refractivity contribution in [2.75, 3.05) is 33.0 Å². The van der Waals surface area contributed by atoms with Gasteiger partial charge in [0.25, 0.3) is 0 Å². The van der Waals surface area contributed by atoms with E-state index in [1.165, 1.54) is 0 Å². The zero-order chi connectivity index (χ0) is 9.52. The van der Waals surface area contributed by atoms with Crippen LogP contribution in [0.4, 0.5) is 0 Å². The third-order valence-electron chi connectivity index (χ3n) is 2.26. The zero-order valence-electron chi connectivity index (χ0n) is 8.16. The lowest BCUT2D eigenvalue weighted by molar-refractivity contribution is 0.0864. The first-order chi connectivity index (χ1) is 6.34. The quantitative estimate of drug-likeness (QED) is 0.566. The highest BCUT2D eigenvalue weighted by molar-refractivity contribution is 4.78. The summed E-state index contributed by atoms with van der Waals surface area (Å²) in [6.45, 7) is 4.96. The van der Waals surface area contributed by atoms with Gasteiger partial charge in [-0.15, -0.1) is 0 Å². The fraction of sp³-hybridized carbons (Fsp3) is 1.00. The lowest BCUT2D eigenvalue weighted by atomic mass is 10.1. The summed E-state index contributed by atoms with van der Waals surface area (Å²) < 4.78 is 10.5. The van der Waals surface area contributed by atoms with Gasteiger partial charge in [-0.3, -0.25) is 0 Å². The van der Waals surface area contributed by atoms with E-state index < -0.39 is 0 Å². The minimum Gasteiger partial charge on any atom is -0.394 e. The Balaban J connectivity index is 1.93. The Morgan fingerprint density at radius 2 is 2.38 bits per heavy atom. The molecule has 0 aromatic rings. The fourth-order valence-corrected chi connectivity index (χ4v) is 1.48. The molecule has 0 bridgehead atoms. The summed E-state index contributed by atoms with van der Waals surface area (Å²) in [5.41, 5.74) is 0. The second-order valence-electron chi connectivity index (χ2n) is 3.26. The topological polar surface area (TPSA) is 50.7 Å². The van der Waals surface area contributed by atoms with Crippen LogP contribution in [0.15, 0.2) is 0 Å². The van der Waals surface area contributed by atoms with E-state index in [2.05, 4.69) is 12.2 Å². The summed E-state index contributed by atoms with van der Waals surface area (Å²) in [6.07, 6.45) is 1.40. The first kappa shape index (κ1) is 10.9. The van der Waals surface area contributed by atoms with E-state index in [9.17, 15) is 0 Å². The molecule has 4 heteroatoms. The molecule has 78 valence electrons. The van der Waals surface area contributed by atoms with E-state index in [1.54, 1.807) is 0 Å². The first-order valence-electron chi connectivity index (χ1n) is 4.88. The lowest BCUT2D eigenvalue weighted by Gasteiger charge is -2.15. The molecule has 0 aliphatic carbocycles. The van der Waals surface area contributed by atoms with Gasteiger partial charge in [0.15, 0.2) is 0 Å². The summed E-state index contributed by atoms with van der Waals surface area (Å²) in [5.74, 6) is 0. The van der Waals surface area contributed by atoms with Gasteiger partial charge in [-0.05, 0) is 13.3 Å². The molecule has 0 spiro atoms. The Morgan fingerprint density at radius 1 is 1.54 bits per heavy atom. The summed E-state index contributed by atoms with van der Waals surface area (Å²) in [5, 5.41) is 11.8.